The lowest BCUT2D eigenvalue weighted by molar-refractivity contribution is -0.137. The van der Waals surface area contributed by atoms with Crippen LogP contribution in [0.15, 0.2) is 42.7 Å². The number of ether oxygens (including phenoxy) is 2. The summed E-state index contributed by atoms with van der Waals surface area (Å²) in [6, 6.07) is 8.20. The molecule has 1 fully saturated rings. The van der Waals surface area contributed by atoms with E-state index in [-0.39, 0.29) is 47.0 Å². The number of benzene rings is 2. The van der Waals surface area contributed by atoms with Crippen molar-refractivity contribution in [2.45, 2.75) is 13.1 Å². The number of halogens is 3. The Kier molecular flexibility index (Phi) is 7.00. The van der Waals surface area contributed by atoms with E-state index in [4.69, 9.17) is 9.47 Å². The van der Waals surface area contributed by atoms with Crippen LogP contribution in [0.2, 0.25) is 0 Å². The highest BCUT2D eigenvalue weighted by Gasteiger charge is 2.32. The van der Waals surface area contributed by atoms with Gasteiger partial charge in [0.2, 0.25) is 5.75 Å². The fourth-order valence-electron chi connectivity index (χ4n) is 4.21. The quantitative estimate of drug-likeness (QED) is 0.499. The van der Waals surface area contributed by atoms with Crippen LogP contribution in [-0.4, -0.2) is 66.5 Å². The third-order valence-corrected chi connectivity index (χ3v) is 6.40. The molecule has 39 heavy (non-hydrogen) atoms. The van der Waals surface area contributed by atoms with E-state index in [1.54, 1.807) is 25.1 Å². The van der Waals surface area contributed by atoms with Gasteiger partial charge < -0.3 is 29.9 Å². The standard InChI is InChI=1S/C26H25F3N6O4/c1-15-3-4-16(9-20(15)39-25-22-23(30-14-31-25)33-21(36)13-38-22)24(37)32-18-10-17(26(27,28)29)11-19(12-18)35-7-5-34(2)6-8-35/h3-4,9-12,14H,5-8,13H2,1-2H3,(H,32,37)(H,30,31,33,36). The summed E-state index contributed by atoms with van der Waals surface area (Å²) < 4.78 is 52.3. The Morgan fingerprint density at radius 3 is 2.62 bits per heavy atom. The number of rotatable bonds is 5. The second-order valence-electron chi connectivity index (χ2n) is 9.29. The van der Waals surface area contributed by atoms with Crippen LogP contribution in [0.3, 0.4) is 0 Å². The van der Waals surface area contributed by atoms with E-state index >= 15 is 0 Å². The number of fused-ring (bicyclic) bond motifs is 1. The molecule has 0 unspecified atom stereocenters. The highest BCUT2D eigenvalue weighted by atomic mass is 19.4. The number of aromatic nitrogens is 2. The zero-order chi connectivity index (χ0) is 27.7. The van der Waals surface area contributed by atoms with Gasteiger partial charge in [-0.15, -0.1) is 0 Å². The summed E-state index contributed by atoms with van der Waals surface area (Å²) in [5.74, 6) is -0.374. The maximum atomic E-state index is 13.7. The molecular weight excluding hydrogens is 517 g/mol. The van der Waals surface area contributed by atoms with E-state index in [1.165, 1.54) is 12.4 Å². The first kappa shape index (κ1) is 26.2. The average molecular weight is 543 g/mol. The van der Waals surface area contributed by atoms with E-state index < -0.39 is 17.6 Å². The Hall–Kier alpha value is -4.39. The van der Waals surface area contributed by atoms with Crippen molar-refractivity contribution in [1.29, 1.82) is 0 Å². The predicted molar refractivity (Wildman–Crippen MR) is 137 cm³/mol. The molecule has 0 spiro atoms. The van der Waals surface area contributed by atoms with Gasteiger partial charge in [0, 0.05) is 43.1 Å². The minimum Gasteiger partial charge on any atom is -0.475 e. The summed E-state index contributed by atoms with van der Waals surface area (Å²) in [6.07, 6.45) is -3.38. The Labute approximate surface area is 221 Å². The molecule has 204 valence electrons. The van der Waals surface area contributed by atoms with Crippen molar-refractivity contribution in [2.75, 3.05) is 55.4 Å². The lowest BCUT2D eigenvalue weighted by Gasteiger charge is -2.34. The van der Waals surface area contributed by atoms with Gasteiger partial charge >= 0.3 is 6.18 Å². The smallest absolute Gasteiger partial charge is 0.416 e. The second kappa shape index (κ2) is 10.4. The minimum absolute atomic E-state index is 0.0285. The van der Waals surface area contributed by atoms with Gasteiger partial charge in [-0.3, -0.25) is 9.59 Å². The number of likely N-dealkylation sites (N-methyl/N-ethyl adjacent to an activating group) is 1. The summed E-state index contributed by atoms with van der Waals surface area (Å²) in [5.41, 5.74) is 0.395. The summed E-state index contributed by atoms with van der Waals surface area (Å²) in [7, 11) is 1.96. The van der Waals surface area contributed by atoms with Crippen molar-refractivity contribution in [1.82, 2.24) is 14.9 Å². The molecule has 1 saturated heterocycles. The van der Waals surface area contributed by atoms with Crippen LogP contribution in [0.1, 0.15) is 21.5 Å². The Morgan fingerprint density at radius 2 is 1.87 bits per heavy atom. The van der Waals surface area contributed by atoms with Gasteiger partial charge in [0.15, 0.2) is 12.4 Å². The zero-order valence-corrected chi connectivity index (χ0v) is 21.1. The molecule has 13 heteroatoms. The van der Waals surface area contributed by atoms with Crippen molar-refractivity contribution < 1.29 is 32.2 Å². The first-order chi connectivity index (χ1) is 18.6. The SMILES string of the molecule is Cc1ccc(C(=O)Nc2cc(N3CCN(C)CC3)cc(C(F)(F)F)c2)cc1Oc1ncnc2c1OCC(=O)N2. The Morgan fingerprint density at radius 1 is 1.10 bits per heavy atom. The van der Waals surface area contributed by atoms with Gasteiger partial charge in [0.05, 0.1) is 5.56 Å². The zero-order valence-electron chi connectivity index (χ0n) is 21.1. The largest absolute Gasteiger partial charge is 0.475 e. The Bertz CT molecular complexity index is 1420. The normalized spacial score (nSPS) is 15.7. The van der Waals surface area contributed by atoms with E-state index in [1.807, 2.05) is 11.9 Å². The fraction of sp³-hybridized carbons (Fsp3) is 0.308. The molecule has 3 heterocycles. The summed E-state index contributed by atoms with van der Waals surface area (Å²) >= 11 is 0. The number of carbonyl (C=O) groups excluding carboxylic acids is 2. The fourth-order valence-corrected chi connectivity index (χ4v) is 4.21. The van der Waals surface area contributed by atoms with Crippen LogP contribution in [-0.2, 0) is 11.0 Å². The maximum Gasteiger partial charge on any atom is 0.416 e. The molecule has 2 aliphatic rings. The van der Waals surface area contributed by atoms with E-state index in [9.17, 15) is 22.8 Å². The van der Waals surface area contributed by atoms with E-state index in [0.717, 1.165) is 25.2 Å². The number of alkyl halides is 3. The predicted octanol–water partition coefficient (Wildman–Crippen LogP) is 3.93. The molecular formula is C26H25F3N6O4. The van der Waals surface area contributed by atoms with Crippen LogP contribution >= 0.6 is 0 Å². The van der Waals surface area contributed by atoms with Crippen LogP contribution in [0, 0.1) is 6.92 Å². The van der Waals surface area contributed by atoms with Gasteiger partial charge in [-0.2, -0.15) is 18.2 Å². The summed E-state index contributed by atoms with van der Waals surface area (Å²) in [5, 5.41) is 5.15. The van der Waals surface area contributed by atoms with Crippen molar-refractivity contribution >= 4 is 29.0 Å². The maximum absolute atomic E-state index is 13.7. The third kappa shape index (κ3) is 5.87. The number of nitrogens with zero attached hydrogens (tertiary/aromatic N) is 4. The number of aryl methyl sites for hydroxylation is 1. The van der Waals surface area contributed by atoms with Crippen LogP contribution in [0.5, 0.6) is 17.4 Å². The molecule has 5 rings (SSSR count). The second-order valence-corrected chi connectivity index (χ2v) is 9.29. The van der Waals surface area contributed by atoms with E-state index in [2.05, 4.69) is 25.5 Å². The summed E-state index contributed by atoms with van der Waals surface area (Å²) in [4.78, 5) is 36.7. The third-order valence-electron chi connectivity index (χ3n) is 6.40. The van der Waals surface area contributed by atoms with Gasteiger partial charge in [-0.05, 0) is 49.9 Å². The number of hydrogen-bond acceptors (Lipinski definition) is 8. The van der Waals surface area contributed by atoms with Gasteiger partial charge in [0.1, 0.15) is 12.1 Å². The van der Waals surface area contributed by atoms with Gasteiger partial charge in [-0.25, -0.2) is 4.98 Å². The van der Waals surface area contributed by atoms with Crippen LogP contribution in [0.4, 0.5) is 30.4 Å². The number of piperazine rings is 1. The topological polar surface area (TPSA) is 109 Å². The number of nitrogens with one attached hydrogen (secondary N) is 2. The molecule has 0 bridgehead atoms. The lowest BCUT2D eigenvalue weighted by atomic mass is 10.1. The molecule has 0 saturated carbocycles. The lowest BCUT2D eigenvalue weighted by Crippen LogP contribution is -2.44. The molecule has 0 radical (unpaired) electrons. The molecule has 10 nitrogen and oxygen atoms in total. The molecule has 0 aliphatic carbocycles. The molecule has 2 aliphatic heterocycles. The minimum atomic E-state index is -4.58. The number of amides is 2. The van der Waals surface area contributed by atoms with Crippen molar-refractivity contribution in [3.05, 3.63) is 59.4 Å². The monoisotopic (exact) mass is 542 g/mol. The highest BCUT2D eigenvalue weighted by molar-refractivity contribution is 6.05. The highest BCUT2D eigenvalue weighted by Crippen LogP contribution is 2.38. The van der Waals surface area contributed by atoms with Gasteiger partial charge in [0.25, 0.3) is 17.7 Å². The number of anilines is 3. The van der Waals surface area contributed by atoms with Crippen LogP contribution < -0.4 is 25.0 Å². The Balaban J connectivity index is 1.39. The first-order valence-electron chi connectivity index (χ1n) is 12.1. The van der Waals surface area contributed by atoms with Crippen molar-refractivity contribution in [2.24, 2.45) is 0 Å². The molecule has 3 aromatic rings. The summed E-state index contributed by atoms with van der Waals surface area (Å²) in [6.45, 7) is 4.11. The molecule has 2 aromatic carbocycles. The molecule has 2 amide bonds. The average Bonchev–Trinajstić information content (AvgIpc) is 2.89. The van der Waals surface area contributed by atoms with Crippen LogP contribution in [0.25, 0.3) is 0 Å². The number of carbonyl (C=O) groups is 2. The van der Waals surface area contributed by atoms with Crippen molar-refractivity contribution in [3.63, 3.8) is 0 Å². The first-order valence-corrected chi connectivity index (χ1v) is 12.1. The molecule has 1 aromatic heterocycles. The molecule has 2 N–H and O–H groups in total. The van der Waals surface area contributed by atoms with Crippen molar-refractivity contribution in [3.8, 4) is 17.4 Å². The van der Waals surface area contributed by atoms with E-state index in [0.29, 0.717) is 24.3 Å². The number of hydrogen-bond donors (Lipinski definition) is 2. The molecule has 0 atom stereocenters. The van der Waals surface area contributed by atoms with Gasteiger partial charge in [-0.1, -0.05) is 6.07 Å².